The van der Waals surface area contributed by atoms with E-state index in [0.717, 1.165) is 118 Å². The number of ether oxygens (including phenoxy) is 8. The quantitative estimate of drug-likeness (QED) is 0.0474. The molecule has 0 unspecified atom stereocenters. The van der Waals surface area contributed by atoms with Crippen LogP contribution in [-0.2, 0) is 4.12 Å². The molecule has 0 N–H and O–H groups in total. The molecule has 99 heavy (non-hydrogen) atoms. The minimum Gasteiger partial charge on any atom is -0.488 e. The van der Waals surface area contributed by atoms with E-state index in [1.807, 2.05) is 0 Å². The smallest absolute Gasteiger partial charge is 0.236 e. The molecule has 4 aromatic carbocycles. The molecule has 0 radical (unpaired) electrons. The van der Waals surface area contributed by atoms with E-state index >= 15 is 0 Å². The Morgan fingerprint density at radius 2 is 0.323 bits per heavy atom. The lowest BCUT2D eigenvalue weighted by atomic mass is 9.83. The molecule has 564 valence electrons. The van der Waals surface area contributed by atoms with Gasteiger partial charge in [-0.1, -0.05) is 166 Å². The van der Waals surface area contributed by atoms with Crippen molar-refractivity contribution >= 4 is 38.8 Å². The predicted molar refractivity (Wildman–Crippen MR) is 430 cm³/mol. The van der Waals surface area contributed by atoms with Gasteiger partial charge in [0.1, 0.15) is 90.8 Å². The lowest BCUT2D eigenvalue weighted by Gasteiger charge is -2.38. The van der Waals surface area contributed by atoms with Gasteiger partial charge >= 0.3 is 0 Å². The zero-order valence-corrected chi connectivity index (χ0v) is 73.7. The Morgan fingerprint density at radius 3 is 0.455 bits per heavy atom. The van der Waals surface area contributed by atoms with Crippen molar-refractivity contribution in [2.24, 2.45) is 43.3 Å². The van der Waals surface area contributed by atoms with Crippen molar-refractivity contribution in [1.82, 2.24) is 0 Å². The van der Waals surface area contributed by atoms with E-state index in [-0.39, 0.29) is 43.3 Å². The fourth-order valence-electron chi connectivity index (χ4n) is 17.3. The van der Waals surface area contributed by atoms with Crippen LogP contribution in [0.4, 0.5) is 0 Å². The van der Waals surface area contributed by atoms with Gasteiger partial charge in [0.05, 0.1) is 0 Å². The summed E-state index contributed by atoms with van der Waals surface area (Å²) in [4.78, 5) is 0. The van der Waals surface area contributed by atoms with Crippen molar-refractivity contribution in [2.75, 3.05) is 0 Å². The highest BCUT2D eigenvalue weighted by molar-refractivity contribution is 6.93. The highest BCUT2D eigenvalue weighted by Crippen LogP contribution is 2.41. The Bertz CT molecular complexity index is 2830. The summed E-state index contributed by atoms with van der Waals surface area (Å²) in [6.45, 7) is 90.1. The predicted octanol–water partition coefficient (Wildman–Crippen LogP) is 22.8. The molecule has 0 aliphatic rings. The van der Waals surface area contributed by atoms with Crippen molar-refractivity contribution < 1.29 is 42.0 Å². The maximum absolute atomic E-state index is 9.02. The Hall–Kier alpha value is -4.33. The summed E-state index contributed by atoms with van der Waals surface area (Å²) in [5, 5.41) is 3.64. The second-order valence-electron chi connectivity index (χ2n) is 44.5. The molecule has 0 heterocycles. The number of hydrogen-bond donors (Lipinski definition) is 0. The Kier molecular flexibility index (Phi) is 26.7. The van der Waals surface area contributed by atoms with Crippen molar-refractivity contribution in [3.8, 4) is 46.0 Å². The number of hydrogen-bond acceptors (Lipinski definition) is 9. The topological polar surface area (TPSA) is 83.1 Å². The molecular formula is C88H150O9Si2. The van der Waals surface area contributed by atoms with E-state index in [4.69, 9.17) is 42.0 Å². The lowest BCUT2D eigenvalue weighted by Crippen LogP contribution is -2.58. The van der Waals surface area contributed by atoms with E-state index in [1.54, 1.807) is 0 Å². The fraction of sp³-hybridized carbons (Fsp3) is 0.727. The molecule has 0 bridgehead atoms. The van der Waals surface area contributed by atoms with Crippen LogP contribution in [0.15, 0.2) is 72.8 Å². The van der Waals surface area contributed by atoms with Crippen LogP contribution in [0.5, 0.6) is 46.0 Å². The largest absolute Gasteiger partial charge is 0.488 e. The molecule has 0 saturated carbocycles. The molecule has 0 fully saturated rings. The van der Waals surface area contributed by atoms with Crippen LogP contribution in [0.2, 0.25) is 0 Å². The average Bonchev–Trinajstić information content (AvgIpc) is 0.759. The third-order valence-electron chi connectivity index (χ3n) is 16.1. The summed E-state index contributed by atoms with van der Waals surface area (Å²) in [6.07, 6.45) is 6.32. The van der Waals surface area contributed by atoms with Gasteiger partial charge in [0, 0.05) is 20.7 Å². The third kappa shape index (κ3) is 32.5. The van der Waals surface area contributed by atoms with Crippen LogP contribution < -0.4 is 58.6 Å². The molecule has 4 rings (SSSR count). The van der Waals surface area contributed by atoms with E-state index in [1.165, 1.54) is 0 Å². The Balaban J connectivity index is 2.59. The molecule has 0 aliphatic heterocycles. The lowest BCUT2D eigenvalue weighted by molar-refractivity contribution is 0.0582. The molecule has 0 aromatic heterocycles. The number of benzene rings is 4. The first-order valence-corrected chi connectivity index (χ1v) is 40.8. The van der Waals surface area contributed by atoms with Gasteiger partial charge in [0.15, 0.2) is 0 Å². The molecular weight excluding hydrogens is 1260 g/mol. The van der Waals surface area contributed by atoms with E-state index < -0.39 is 62.9 Å². The first-order chi connectivity index (χ1) is 43.8. The SMILES string of the molecule is CC(C)(C)CC(C)(C)Oc1ccc(OC(C)(C)CC(C)(C)C)c([SiH](O[SiH](c2cc(OC(C)(C)CC(C)(C)C)ccc2OC(C)(C)CC(C)(C)C)c2cc(OC(C)(C)CC(C)(C)C)ccc2OC(C)(C)CC(C)(C)C)c2cc(OC(C)(C)CC(C)(C)C)ccc2OC(C)(C)CC(C)(C)C)c1. The second kappa shape index (κ2) is 30.4. The molecule has 0 spiro atoms. The van der Waals surface area contributed by atoms with Gasteiger partial charge in [-0.05, 0) is 278 Å². The second-order valence-corrected chi connectivity index (χ2v) is 49.6. The van der Waals surface area contributed by atoms with Gasteiger partial charge in [0.25, 0.3) is 0 Å². The molecule has 11 heteroatoms. The minimum absolute atomic E-state index is 0.0260. The molecule has 0 atom stereocenters. The number of rotatable bonds is 30. The van der Waals surface area contributed by atoms with Crippen LogP contribution >= 0.6 is 0 Å². The van der Waals surface area contributed by atoms with Crippen LogP contribution in [0.3, 0.4) is 0 Å². The van der Waals surface area contributed by atoms with Gasteiger partial charge in [-0.25, -0.2) is 0 Å². The molecule has 0 saturated heterocycles. The molecule has 0 aliphatic carbocycles. The van der Waals surface area contributed by atoms with Gasteiger partial charge in [0.2, 0.25) is 18.1 Å². The van der Waals surface area contributed by atoms with Crippen LogP contribution in [-0.4, -0.2) is 62.9 Å². The van der Waals surface area contributed by atoms with Gasteiger partial charge in [-0.3, -0.25) is 0 Å². The van der Waals surface area contributed by atoms with Crippen LogP contribution in [0.1, 0.15) is 328 Å². The summed E-state index contributed by atoms with van der Waals surface area (Å²) in [7, 11) is -6.84. The van der Waals surface area contributed by atoms with Gasteiger partial charge < -0.3 is 42.0 Å². The van der Waals surface area contributed by atoms with Gasteiger partial charge in [-0.15, -0.1) is 0 Å². The maximum Gasteiger partial charge on any atom is 0.236 e. The minimum atomic E-state index is -3.42. The third-order valence-corrected chi connectivity index (χ3v) is 22.3. The summed E-state index contributed by atoms with van der Waals surface area (Å²) in [5.74, 6) is 5.79. The monoisotopic (exact) mass is 1410 g/mol. The summed E-state index contributed by atoms with van der Waals surface area (Å²) >= 11 is 0. The van der Waals surface area contributed by atoms with Crippen molar-refractivity contribution in [1.29, 1.82) is 0 Å². The summed E-state index contributed by atoms with van der Waals surface area (Å²) in [6, 6.07) is 25.9. The van der Waals surface area contributed by atoms with Crippen molar-refractivity contribution in [2.45, 2.75) is 373 Å². The zero-order valence-electron chi connectivity index (χ0n) is 71.4. The van der Waals surface area contributed by atoms with Crippen LogP contribution in [0.25, 0.3) is 0 Å². The standard InChI is InChI=1S/C88H150O9Si2/c1-73(2,3)53-81(25,26)89-61-41-45-65(93-85(33,34)57-77(13,14)15)69(49-61)98(70-50-62(90-82(27,28)54-74(4,5)6)42-46-66(70)94-86(35,36)58-78(16,17)18)97-99(71-51-63(91-83(29,30)55-75(7,8)9)43-47-67(71)95-87(37,38)59-79(19,20)21)72-52-64(92-84(31,32)56-76(10,11)12)44-48-68(72)96-88(39,40)60-80(22,23)24/h41-52,98-99H,53-60H2,1-40H3. The molecule has 0 amide bonds. The summed E-state index contributed by atoms with van der Waals surface area (Å²) < 4.78 is 69.2. The maximum atomic E-state index is 9.02. The Morgan fingerprint density at radius 1 is 0.192 bits per heavy atom. The average molecular weight is 1410 g/mol. The normalized spacial score (nSPS) is 14.4. The van der Waals surface area contributed by atoms with E-state index in [2.05, 4.69) is 350 Å². The van der Waals surface area contributed by atoms with Gasteiger partial charge in [-0.2, -0.15) is 0 Å². The molecule has 4 aromatic rings. The highest BCUT2D eigenvalue weighted by atomic mass is 28.4. The van der Waals surface area contributed by atoms with Crippen molar-refractivity contribution in [3.05, 3.63) is 72.8 Å². The zero-order chi connectivity index (χ0) is 76.6. The summed E-state index contributed by atoms with van der Waals surface area (Å²) in [5.41, 5.74) is -5.17. The van der Waals surface area contributed by atoms with E-state index in [9.17, 15) is 0 Å². The first-order valence-electron chi connectivity index (χ1n) is 37.5. The Labute approximate surface area is 612 Å². The fourth-order valence-corrected chi connectivity index (χ4v) is 24.3. The first kappa shape index (κ1) is 87.1. The van der Waals surface area contributed by atoms with E-state index in [0.29, 0.717) is 0 Å². The molecule has 9 nitrogen and oxygen atoms in total. The van der Waals surface area contributed by atoms with Crippen molar-refractivity contribution in [3.63, 3.8) is 0 Å². The highest BCUT2D eigenvalue weighted by Gasteiger charge is 2.43. The van der Waals surface area contributed by atoms with Crippen LogP contribution in [0, 0.1) is 43.3 Å².